The molecule has 3 rings (SSSR count). The predicted octanol–water partition coefficient (Wildman–Crippen LogP) is 2.71. The molecule has 2 aromatic rings. The zero-order chi connectivity index (χ0) is 12.2. The summed E-state index contributed by atoms with van der Waals surface area (Å²) < 4.78 is 2.81. The highest BCUT2D eigenvalue weighted by molar-refractivity contribution is 9.10. The smallest absolute Gasteiger partial charge is 0.135 e. The van der Waals surface area contributed by atoms with Gasteiger partial charge in [-0.25, -0.2) is 0 Å². The first-order valence-electron chi connectivity index (χ1n) is 5.93. The monoisotopic (exact) mass is 293 g/mol. The van der Waals surface area contributed by atoms with Crippen LogP contribution >= 0.6 is 15.9 Å². The summed E-state index contributed by atoms with van der Waals surface area (Å²) in [6, 6.07) is 6.80. The summed E-state index contributed by atoms with van der Waals surface area (Å²) in [5.41, 5.74) is 8.84. The third-order valence-electron chi connectivity index (χ3n) is 4.04. The van der Waals surface area contributed by atoms with Crippen molar-refractivity contribution in [3.8, 4) is 0 Å². The van der Waals surface area contributed by atoms with E-state index in [9.17, 15) is 0 Å². The summed E-state index contributed by atoms with van der Waals surface area (Å²) in [5, 5.41) is 5.56. The van der Waals surface area contributed by atoms with Gasteiger partial charge in [0.15, 0.2) is 0 Å². The zero-order valence-electron chi connectivity index (χ0n) is 10.1. The highest BCUT2D eigenvalue weighted by Crippen LogP contribution is 2.50. The third kappa shape index (κ3) is 1.54. The molecule has 0 spiro atoms. The largest absolute Gasteiger partial charge is 0.327 e. The number of fused-ring (bicyclic) bond motifs is 1. The van der Waals surface area contributed by atoms with Crippen LogP contribution < -0.4 is 5.73 Å². The molecule has 1 saturated carbocycles. The Bertz CT molecular complexity index is 582. The van der Waals surface area contributed by atoms with Gasteiger partial charge in [-0.05, 0) is 53.4 Å². The van der Waals surface area contributed by atoms with Crippen molar-refractivity contribution in [1.29, 1.82) is 0 Å². The fourth-order valence-corrected chi connectivity index (χ4v) is 3.23. The number of nitrogens with two attached hydrogens (primary N) is 1. The Balaban J connectivity index is 2.17. The van der Waals surface area contributed by atoms with Crippen molar-refractivity contribution in [2.24, 2.45) is 12.8 Å². The summed E-state index contributed by atoms with van der Waals surface area (Å²) in [5.74, 6) is 0. The van der Waals surface area contributed by atoms with Crippen LogP contribution in [0.1, 0.15) is 25.3 Å². The maximum absolute atomic E-state index is 6.12. The third-order valence-corrected chi connectivity index (χ3v) is 4.63. The van der Waals surface area contributed by atoms with Crippen LogP contribution in [0, 0.1) is 0 Å². The molecular formula is C13H16BrN3. The van der Waals surface area contributed by atoms with E-state index in [2.05, 4.69) is 46.2 Å². The molecule has 1 aromatic heterocycles. The van der Waals surface area contributed by atoms with Crippen LogP contribution in [-0.4, -0.2) is 15.8 Å². The molecule has 90 valence electrons. The molecule has 1 fully saturated rings. The number of halogens is 1. The Morgan fingerprint density at radius 3 is 2.76 bits per heavy atom. The van der Waals surface area contributed by atoms with Crippen LogP contribution in [0.15, 0.2) is 22.8 Å². The van der Waals surface area contributed by atoms with Crippen LogP contribution in [0.2, 0.25) is 0 Å². The minimum atomic E-state index is 0.212. The molecule has 3 nitrogen and oxygen atoms in total. The topological polar surface area (TPSA) is 43.8 Å². The van der Waals surface area contributed by atoms with Gasteiger partial charge in [-0.2, -0.15) is 5.10 Å². The van der Waals surface area contributed by atoms with Gasteiger partial charge in [0.1, 0.15) is 4.60 Å². The molecule has 1 aliphatic carbocycles. The summed E-state index contributed by atoms with van der Waals surface area (Å²) in [4.78, 5) is 0. The quantitative estimate of drug-likeness (QED) is 0.925. The molecule has 0 radical (unpaired) electrons. The van der Waals surface area contributed by atoms with E-state index >= 15 is 0 Å². The van der Waals surface area contributed by atoms with Crippen molar-refractivity contribution >= 4 is 26.8 Å². The van der Waals surface area contributed by atoms with Gasteiger partial charge >= 0.3 is 0 Å². The van der Waals surface area contributed by atoms with Crippen molar-refractivity contribution in [2.45, 2.75) is 31.2 Å². The summed E-state index contributed by atoms with van der Waals surface area (Å²) in [6.07, 6.45) is 2.40. The second-order valence-corrected chi connectivity index (χ2v) is 5.84. The number of aryl methyl sites for hydroxylation is 1. The first kappa shape index (κ1) is 11.2. The van der Waals surface area contributed by atoms with Crippen LogP contribution in [-0.2, 0) is 12.5 Å². The fraction of sp³-hybridized carbons (Fsp3) is 0.462. The van der Waals surface area contributed by atoms with Crippen molar-refractivity contribution in [2.75, 3.05) is 0 Å². The molecule has 0 saturated heterocycles. The van der Waals surface area contributed by atoms with Crippen molar-refractivity contribution in [1.82, 2.24) is 9.78 Å². The molecule has 1 unspecified atom stereocenters. The van der Waals surface area contributed by atoms with Gasteiger partial charge in [0.25, 0.3) is 0 Å². The number of hydrogen-bond acceptors (Lipinski definition) is 2. The number of rotatable bonds is 2. The molecular weight excluding hydrogens is 278 g/mol. The summed E-state index contributed by atoms with van der Waals surface area (Å²) in [7, 11) is 1.96. The lowest BCUT2D eigenvalue weighted by molar-refractivity contribution is 0.557. The minimum Gasteiger partial charge on any atom is -0.327 e. The minimum absolute atomic E-state index is 0.212. The van der Waals surface area contributed by atoms with Gasteiger partial charge in [-0.3, -0.25) is 4.68 Å². The van der Waals surface area contributed by atoms with Crippen molar-refractivity contribution < 1.29 is 0 Å². The van der Waals surface area contributed by atoms with Crippen LogP contribution in [0.25, 0.3) is 10.9 Å². The molecule has 0 bridgehead atoms. The maximum Gasteiger partial charge on any atom is 0.135 e. The fourth-order valence-electron chi connectivity index (χ4n) is 2.67. The molecule has 0 aliphatic heterocycles. The number of benzene rings is 1. The van der Waals surface area contributed by atoms with E-state index in [4.69, 9.17) is 5.73 Å². The maximum atomic E-state index is 6.12. The van der Waals surface area contributed by atoms with Gasteiger partial charge < -0.3 is 5.73 Å². The van der Waals surface area contributed by atoms with E-state index in [1.807, 2.05) is 11.7 Å². The molecule has 1 aromatic carbocycles. The lowest BCUT2D eigenvalue weighted by Crippen LogP contribution is -2.31. The molecule has 0 amide bonds. The molecule has 1 heterocycles. The Kier molecular flexibility index (Phi) is 2.35. The predicted molar refractivity (Wildman–Crippen MR) is 73.0 cm³/mol. The molecule has 17 heavy (non-hydrogen) atoms. The van der Waals surface area contributed by atoms with E-state index in [1.165, 1.54) is 23.8 Å². The normalized spacial score (nSPS) is 19.5. The Labute approximate surface area is 109 Å². The van der Waals surface area contributed by atoms with Gasteiger partial charge in [0, 0.05) is 23.9 Å². The van der Waals surface area contributed by atoms with E-state index in [-0.39, 0.29) is 11.5 Å². The lowest BCUT2D eigenvalue weighted by Gasteiger charge is -2.20. The van der Waals surface area contributed by atoms with E-state index in [0.717, 1.165) is 10.1 Å². The van der Waals surface area contributed by atoms with Gasteiger partial charge in [-0.15, -0.1) is 0 Å². The average Bonchev–Trinajstić information content (AvgIpc) is 3.04. The SMILES string of the molecule is CC(N)C1(c2ccc3c(c2)c(Br)nn3C)CC1. The second-order valence-electron chi connectivity index (χ2n) is 5.09. The van der Waals surface area contributed by atoms with Gasteiger partial charge in [-0.1, -0.05) is 6.07 Å². The number of nitrogens with zero attached hydrogens (tertiary/aromatic N) is 2. The van der Waals surface area contributed by atoms with E-state index in [0.29, 0.717) is 0 Å². The average molecular weight is 294 g/mol. The van der Waals surface area contributed by atoms with Crippen molar-refractivity contribution in [3.63, 3.8) is 0 Å². The number of aromatic nitrogens is 2. The van der Waals surface area contributed by atoms with Crippen LogP contribution in [0.5, 0.6) is 0 Å². The van der Waals surface area contributed by atoms with Gasteiger partial charge in [0.2, 0.25) is 0 Å². The highest BCUT2D eigenvalue weighted by Gasteiger charge is 2.47. The lowest BCUT2D eigenvalue weighted by atomic mass is 9.89. The van der Waals surface area contributed by atoms with Crippen molar-refractivity contribution in [3.05, 3.63) is 28.4 Å². The molecule has 2 N–H and O–H groups in total. The first-order valence-corrected chi connectivity index (χ1v) is 6.72. The first-order chi connectivity index (χ1) is 8.04. The highest BCUT2D eigenvalue weighted by atomic mass is 79.9. The Hall–Kier alpha value is -0.870. The van der Waals surface area contributed by atoms with E-state index < -0.39 is 0 Å². The Morgan fingerprint density at radius 2 is 2.18 bits per heavy atom. The summed E-state index contributed by atoms with van der Waals surface area (Å²) >= 11 is 3.51. The molecule has 4 heteroatoms. The van der Waals surface area contributed by atoms with E-state index in [1.54, 1.807) is 0 Å². The van der Waals surface area contributed by atoms with Crippen LogP contribution in [0.3, 0.4) is 0 Å². The molecule has 1 aliphatic rings. The number of hydrogen-bond donors (Lipinski definition) is 1. The molecule has 1 atom stereocenters. The second kappa shape index (κ2) is 3.56. The standard InChI is InChI=1S/C13H16BrN3/c1-8(15)13(5-6-13)9-3-4-11-10(7-9)12(14)16-17(11)2/h3-4,7-8H,5-6,15H2,1-2H3. The summed E-state index contributed by atoms with van der Waals surface area (Å²) in [6.45, 7) is 2.11. The van der Waals surface area contributed by atoms with Gasteiger partial charge in [0.05, 0.1) is 5.52 Å². The van der Waals surface area contributed by atoms with Crippen LogP contribution in [0.4, 0.5) is 0 Å². The zero-order valence-corrected chi connectivity index (χ0v) is 11.7. The Morgan fingerprint density at radius 1 is 1.47 bits per heavy atom.